The molecule has 0 saturated heterocycles. The molecule has 0 saturated carbocycles. The van der Waals surface area contributed by atoms with Crippen molar-refractivity contribution in [2.45, 2.75) is 13.8 Å². The van der Waals surface area contributed by atoms with Gasteiger partial charge in [0.2, 0.25) is 0 Å². The molecule has 0 aliphatic rings. The Morgan fingerprint density at radius 2 is 1.21 bits per heavy atom. The van der Waals surface area contributed by atoms with Crippen molar-refractivity contribution in [3.8, 4) is 0 Å². The van der Waals surface area contributed by atoms with E-state index in [1.807, 2.05) is 12.1 Å². The van der Waals surface area contributed by atoms with Gasteiger partial charge >= 0.3 is 0 Å². The Labute approximate surface area is 109 Å². The first-order chi connectivity index (χ1) is 9.06. The molecule has 0 aliphatic heterocycles. The first-order valence-corrected chi connectivity index (χ1v) is 6.04. The topological polar surface area (TPSA) is 47.3 Å². The Morgan fingerprint density at radius 1 is 0.789 bits per heavy atom. The lowest BCUT2D eigenvalue weighted by molar-refractivity contribution is 0.100. The van der Waals surface area contributed by atoms with Gasteiger partial charge in [0, 0.05) is 21.9 Å². The Bertz CT molecular complexity index is 756. The van der Waals surface area contributed by atoms with Gasteiger partial charge in [-0.3, -0.25) is 9.59 Å². The van der Waals surface area contributed by atoms with Crippen molar-refractivity contribution in [2.24, 2.45) is 0 Å². The molecule has 0 atom stereocenters. The van der Waals surface area contributed by atoms with Crippen molar-refractivity contribution < 1.29 is 14.0 Å². The lowest BCUT2D eigenvalue weighted by Gasteiger charge is -1.96. The molecule has 3 nitrogen and oxygen atoms in total. The fourth-order valence-electron chi connectivity index (χ4n) is 2.22. The zero-order valence-electron chi connectivity index (χ0n) is 10.7. The summed E-state index contributed by atoms with van der Waals surface area (Å²) in [5.74, 6) is 0.0259. The Hall–Kier alpha value is -2.42. The molecular weight excluding hydrogens is 240 g/mol. The van der Waals surface area contributed by atoms with Gasteiger partial charge in [-0.15, -0.1) is 0 Å². The predicted molar refractivity (Wildman–Crippen MR) is 73.7 cm³/mol. The van der Waals surface area contributed by atoms with Crippen LogP contribution in [-0.2, 0) is 0 Å². The van der Waals surface area contributed by atoms with E-state index in [4.69, 9.17) is 4.42 Å². The van der Waals surface area contributed by atoms with E-state index in [0.29, 0.717) is 11.1 Å². The van der Waals surface area contributed by atoms with Crippen LogP contribution in [0.25, 0.3) is 21.9 Å². The van der Waals surface area contributed by atoms with Crippen LogP contribution in [0.5, 0.6) is 0 Å². The summed E-state index contributed by atoms with van der Waals surface area (Å²) in [6.45, 7) is 3.06. The zero-order chi connectivity index (χ0) is 13.6. The molecule has 94 valence electrons. The maximum Gasteiger partial charge on any atom is 0.159 e. The molecular formula is C16H12O3. The molecule has 3 rings (SSSR count). The highest BCUT2D eigenvalue weighted by atomic mass is 16.3. The van der Waals surface area contributed by atoms with E-state index in [0.717, 1.165) is 21.9 Å². The summed E-state index contributed by atoms with van der Waals surface area (Å²) in [5.41, 5.74) is 2.73. The second-order valence-corrected chi connectivity index (χ2v) is 4.64. The third-order valence-electron chi connectivity index (χ3n) is 3.28. The van der Waals surface area contributed by atoms with Gasteiger partial charge in [0.05, 0.1) is 0 Å². The number of Topliss-reactive ketones (excluding diaryl/α,β-unsaturated/α-hetero) is 2. The van der Waals surface area contributed by atoms with Gasteiger partial charge in [0.15, 0.2) is 11.6 Å². The summed E-state index contributed by atoms with van der Waals surface area (Å²) in [4.78, 5) is 22.9. The first-order valence-electron chi connectivity index (χ1n) is 6.04. The van der Waals surface area contributed by atoms with E-state index in [1.165, 1.54) is 13.8 Å². The number of fused-ring (bicyclic) bond motifs is 3. The number of benzene rings is 2. The molecule has 3 aromatic rings. The van der Waals surface area contributed by atoms with Crippen molar-refractivity contribution in [3.63, 3.8) is 0 Å². The Balaban J connectivity index is 2.37. The largest absolute Gasteiger partial charge is 0.456 e. The van der Waals surface area contributed by atoms with Crippen LogP contribution in [0, 0.1) is 0 Å². The standard InChI is InChI=1S/C16H12O3/c1-9(17)11-3-5-15-13(7-11)14-8-12(10(2)18)4-6-16(14)19-15/h3-8H,1-2H3. The Kier molecular flexibility index (Phi) is 2.49. The van der Waals surface area contributed by atoms with Crippen molar-refractivity contribution in [1.82, 2.24) is 0 Å². The number of hydrogen-bond acceptors (Lipinski definition) is 3. The van der Waals surface area contributed by atoms with Crippen LogP contribution in [0.15, 0.2) is 40.8 Å². The van der Waals surface area contributed by atoms with Crippen LogP contribution >= 0.6 is 0 Å². The monoisotopic (exact) mass is 252 g/mol. The molecule has 1 aromatic heterocycles. The van der Waals surface area contributed by atoms with Gasteiger partial charge in [-0.05, 0) is 50.2 Å². The van der Waals surface area contributed by atoms with Crippen molar-refractivity contribution >= 4 is 33.5 Å². The van der Waals surface area contributed by atoms with Crippen molar-refractivity contribution in [1.29, 1.82) is 0 Å². The fraction of sp³-hybridized carbons (Fsp3) is 0.125. The average molecular weight is 252 g/mol. The highest BCUT2D eigenvalue weighted by Gasteiger charge is 2.11. The second-order valence-electron chi connectivity index (χ2n) is 4.64. The van der Waals surface area contributed by atoms with Crippen LogP contribution < -0.4 is 0 Å². The number of hydrogen-bond donors (Lipinski definition) is 0. The first kappa shape index (κ1) is 11.7. The smallest absolute Gasteiger partial charge is 0.159 e. The van der Waals surface area contributed by atoms with E-state index in [1.54, 1.807) is 24.3 Å². The summed E-state index contributed by atoms with van der Waals surface area (Å²) in [5, 5.41) is 1.73. The van der Waals surface area contributed by atoms with E-state index in [2.05, 4.69) is 0 Å². The fourth-order valence-corrected chi connectivity index (χ4v) is 2.22. The number of rotatable bonds is 2. The molecule has 0 spiro atoms. The van der Waals surface area contributed by atoms with E-state index in [-0.39, 0.29) is 11.6 Å². The van der Waals surface area contributed by atoms with Gasteiger partial charge < -0.3 is 4.42 Å². The maximum atomic E-state index is 11.4. The molecule has 1 heterocycles. The third kappa shape index (κ3) is 1.83. The lowest BCUT2D eigenvalue weighted by Crippen LogP contribution is -1.91. The molecule has 2 aromatic carbocycles. The molecule has 0 bridgehead atoms. The summed E-state index contributed by atoms with van der Waals surface area (Å²) >= 11 is 0. The predicted octanol–water partition coefficient (Wildman–Crippen LogP) is 3.99. The highest BCUT2D eigenvalue weighted by Crippen LogP contribution is 2.30. The SMILES string of the molecule is CC(=O)c1ccc2oc3ccc(C(C)=O)cc3c2c1. The van der Waals surface area contributed by atoms with Gasteiger partial charge in [-0.2, -0.15) is 0 Å². The minimum atomic E-state index is 0.0129. The molecule has 0 aliphatic carbocycles. The lowest BCUT2D eigenvalue weighted by atomic mass is 10.0. The van der Waals surface area contributed by atoms with Crippen LogP contribution in [0.1, 0.15) is 34.6 Å². The van der Waals surface area contributed by atoms with E-state index in [9.17, 15) is 9.59 Å². The maximum absolute atomic E-state index is 11.4. The minimum absolute atomic E-state index is 0.0129. The van der Waals surface area contributed by atoms with Gasteiger partial charge in [-0.25, -0.2) is 0 Å². The molecule has 0 amide bonds. The van der Waals surface area contributed by atoms with Crippen molar-refractivity contribution in [2.75, 3.05) is 0 Å². The molecule has 0 N–H and O–H groups in total. The zero-order valence-corrected chi connectivity index (χ0v) is 10.7. The summed E-state index contributed by atoms with van der Waals surface area (Å²) < 4.78 is 5.70. The molecule has 19 heavy (non-hydrogen) atoms. The van der Waals surface area contributed by atoms with Crippen LogP contribution in [0.2, 0.25) is 0 Å². The van der Waals surface area contributed by atoms with Gasteiger partial charge in [0.25, 0.3) is 0 Å². The molecule has 0 fully saturated rings. The third-order valence-corrected chi connectivity index (χ3v) is 3.28. The normalized spacial score (nSPS) is 11.1. The summed E-state index contributed by atoms with van der Waals surface area (Å²) in [7, 11) is 0. The van der Waals surface area contributed by atoms with Gasteiger partial charge in [0.1, 0.15) is 11.2 Å². The number of furan rings is 1. The minimum Gasteiger partial charge on any atom is -0.456 e. The number of ketones is 2. The average Bonchev–Trinajstić information content (AvgIpc) is 2.75. The quantitative estimate of drug-likeness (QED) is 0.648. The molecule has 3 heteroatoms. The second kappa shape index (κ2) is 4.05. The van der Waals surface area contributed by atoms with Crippen LogP contribution in [-0.4, -0.2) is 11.6 Å². The van der Waals surface area contributed by atoms with Crippen molar-refractivity contribution in [3.05, 3.63) is 47.5 Å². The van der Waals surface area contributed by atoms with E-state index < -0.39 is 0 Å². The molecule has 0 unspecified atom stereocenters. The highest BCUT2D eigenvalue weighted by molar-refractivity contribution is 6.10. The van der Waals surface area contributed by atoms with Crippen LogP contribution in [0.4, 0.5) is 0 Å². The summed E-state index contributed by atoms with van der Waals surface area (Å²) in [6, 6.07) is 10.7. The van der Waals surface area contributed by atoms with Crippen LogP contribution in [0.3, 0.4) is 0 Å². The number of carbonyl (C=O) groups excluding carboxylic acids is 2. The Morgan fingerprint density at radius 3 is 1.58 bits per heavy atom. The molecule has 0 radical (unpaired) electrons. The van der Waals surface area contributed by atoms with E-state index >= 15 is 0 Å². The van der Waals surface area contributed by atoms with Gasteiger partial charge in [-0.1, -0.05) is 0 Å². The number of carbonyl (C=O) groups is 2. The summed E-state index contributed by atoms with van der Waals surface area (Å²) in [6.07, 6.45) is 0.